The van der Waals surface area contributed by atoms with Crippen LogP contribution in [0.5, 0.6) is 0 Å². The van der Waals surface area contributed by atoms with Crippen LogP contribution in [-0.2, 0) is 22.7 Å². The normalized spacial score (nSPS) is 12.3. The number of anilines is 1. The van der Waals surface area contributed by atoms with Gasteiger partial charge in [-0.25, -0.2) is 13.4 Å². The lowest BCUT2D eigenvalue weighted by Gasteiger charge is -2.09. The fourth-order valence-corrected chi connectivity index (χ4v) is 3.29. The number of pyridine rings is 1. The second kappa shape index (κ2) is 6.82. The van der Waals surface area contributed by atoms with Crippen LogP contribution in [0.15, 0.2) is 42.7 Å². The van der Waals surface area contributed by atoms with Crippen LogP contribution in [0.2, 0.25) is 0 Å². The zero-order chi connectivity index (χ0) is 20.7. The lowest BCUT2D eigenvalue weighted by Crippen LogP contribution is -2.11. The van der Waals surface area contributed by atoms with Gasteiger partial charge in [-0.05, 0) is 23.8 Å². The molecule has 0 atom stereocenters. The molecule has 3 rings (SSSR count). The van der Waals surface area contributed by atoms with E-state index in [0.717, 1.165) is 18.4 Å². The minimum absolute atomic E-state index is 0.117. The number of nitrogens with zero attached hydrogens (tertiary/aromatic N) is 2. The Kier molecular flexibility index (Phi) is 4.79. The van der Waals surface area contributed by atoms with Gasteiger partial charge in [0.15, 0.2) is 0 Å². The van der Waals surface area contributed by atoms with E-state index in [4.69, 9.17) is 5.73 Å². The van der Waals surface area contributed by atoms with Crippen LogP contribution in [-0.4, -0.2) is 30.1 Å². The molecule has 0 spiro atoms. The lowest BCUT2D eigenvalue weighted by atomic mass is 10.1. The van der Waals surface area contributed by atoms with Crippen LogP contribution in [0.25, 0.3) is 11.0 Å². The molecule has 1 amide bonds. The summed E-state index contributed by atoms with van der Waals surface area (Å²) in [6.45, 7) is 0.147. The molecule has 2 heterocycles. The molecule has 0 unspecified atom stereocenters. The Morgan fingerprint density at radius 2 is 1.89 bits per heavy atom. The van der Waals surface area contributed by atoms with Crippen molar-refractivity contribution in [2.45, 2.75) is 12.7 Å². The third kappa shape index (κ3) is 4.25. The van der Waals surface area contributed by atoms with E-state index in [1.165, 1.54) is 30.6 Å². The predicted octanol–water partition coefficient (Wildman–Crippen LogP) is 2.57. The maximum atomic E-state index is 12.7. The molecule has 148 valence electrons. The number of hydrogen-bond acceptors (Lipinski definition) is 4. The van der Waals surface area contributed by atoms with E-state index in [1.54, 1.807) is 4.57 Å². The van der Waals surface area contributed by atoms with Crippen molar-refractivity contribution in [2.75, 3.05) is 11.0 Å². The Morgan fingerprint density at radius 1 is 1.25 bits per heavy atom. The van der Waals surface area contributed by atoms with Gasteiger partial charge in [0.05, 0.1) is 29.3 Å². The predicted molar refractivity (Wildman–Crippen MR) is 97.3 cm³/mol. The quantitative estimate of drug-likeness (QED) is 0.672. The smallest absolute Gasteiger partial charge is 0.366 e. The van der Waals surface area contributed by atoms with E-state index in [9.17, 15) is 26.4 Å². The molecule has 0 saturated heterocycles. The van der Waals surface area contributed by atoms with Crippen LogP contribution in [0.1, 0.15) is 21.5 Å². The summed E-state index contributed by atoms with van der Waals surface area (Å²) >= 11 is 0. The second-order valence-electron chi connectivity index (χ2n) is 6.20. The number of nitrogens with two attached hydrogens (primary N) is 1. The molecule has 3 aromatic rings. The highest BCUT2D eigenvalue weighted by atomic mass is 32.2. The molecule has 28 heavy (non-hydrogen) atoms. The first-order valence-electron chi connectivity index (χ1n) is 7.86. The average Bonchev–Trinajstić information content (AvgIpc) is 2.91. The van der Waals surface area contributed by atoms with Gasteiger partial charge in [-0.2, -0.15) is 13.2 Å². The highest BCUT2D eigenvalue weighted by molar-refractivity contribution is 7.92. The zero-order valence-electron chi connectivity index (χ0n) is 14.5. The van der Waals surface area contributed by atoms with Crippen molar-refractivity contribution < 1.29 is 26.4 Å². The maximum Gasteiger partial charge on any atom is 0.416 e. The number of sulfonamides is 1. The molecule has 0 bridgehead atoms. The number of carbonyl (C=O) groups is 1. The van der Waals surface area contributed by atoms with Crippen molar-refractivity contribution in [3.05, 3.63) is 59.4 Å². The van der Waals surface area contributed by atoms with Crippen molar-refractivity contribution in [2.24, 2.45) is 5.73 Å². The number of alkyl halides is 3. The summed E-state index contributed by atoms with van der Waals surface area (Å²) in [5.74, 6) is -0.741. The summed E-state index contributed by atoms with van der Waals surface area (Å²) in [5.41, 5.74) is 5.80. The van der Waals surface area contributed by atoms with E-state index in [-0.39, 0.29) is 17.8 Å². The molecule has 3 N–H and O–H groups in total. The topological polar surface area (TPSA) is 107 Å². The number of rotatable bonds is 5. The fourth-order valence-electron chi connectivity index (χ4n) is 2.75. The van der Waals surface area contributed by atoms with Gasteiger partial charge in [0.25, 0.3) is 5.91 Å². The first-order chi connectivity index (χ1) is 12.9. The van der Waals surface area contributed by atoms with E-state index in [2.05, 4.69) is 9.71 Å². The Balaban J connectivity index is 2.00. The van der Waals surface area contributed by atoms with Gasteiger partial charge in [0, 0.05) is 18.1 Å². The molecule has 1 aromatic carbocycles. The molecule has 7 nitrogen and oxygen atoms in total. The second-order valence-corrected chi connectivity index (χ2v) is 7.95. The van der Waals surface area contributed by atoms with Gasteiger partial charge in [-0.1, -0.05) is 12.1 Å². The summed E-state index contributed by atoms with van der Waals surface area (Å²) in [4.78, 5) is 15.9. The molecule has 0 radical (unpaired) electrons. The Hall–Kier alpha value is -3.08. The third-order valence-corrected chi connectivity index (χ3v) is 4.52. The first kappa shape index (κ1) is 19.7. The Labute approximate surface area is 158 Å². The largest absolute Gasteiger partial charge is 0.416 e. The number of fused-ring (bicyclic) bond motifs is 1. The summed E-state index contributed by atoms with van der Waals surface area (Å²) in [6, 6.07) is 6.03. The van der Waals surface area contributed by atoms with Gasteiger partial charge >= 0.3 is 6.18 Å². The number of hydrogen-bond donors (Lipinski definition) is 2. The molecular formula is C17H15F3N4O3S. The monoisotopic (exact) mass is 412 g/mol. The first-order valence-corrected chi connectivity index (χ1v) is 9.76. The molecule has 0 aliphatic carbocycles. The van der Waals surface area contributed by atoms with Crippen molar-refractivity contribution in [3.63, 3.8) is 0 Å². The van der Waals surface area contributed by atoms with E-state index in [0.29, 0.717) is 16.6 Å². The molecule has 11 heteroatoms. The average molecular weight is 412 g/mol. The van der Waals surface area contributed by atoms with Crippen molar-refractivity contribution in [1.29, 1.82) is 0 Å². The van der Waals surface area contributed by atoms with Gasteiger partial charge in [-0.3, -0.25) is 9.52 Å². The van der Waals surface area contributed by atoms with E-state index < -0.39 is 27.7 Å². The highest BCUT2D eigenvalue weighted by Gasteiger charge is 2.30. The SMILES string of the molecule is CS(=O)(=O)Nc1cnc2c(c1)c(C(N)=O)cn2Cc1ccc(C(F)(F)F)cc1. The molecule has 2 aromatic heterocycles. The number of nitrogens with one attached hydrogen (secondary N) is 1. The van der Waals surface area contributed by atoms with Crippen molar-refractivity contribution >= 4 is 32.7 Å². The molecule has 0 aliphatic heterocycles. The van der Waals surface area contributed by atoms with Gasteiger partial charge in [0.1, 0.15) is 5.65 Å². The van der Waals surface area contributed by atoms with Crippen LogP contribution in [0, 0.1) is 0 Å². The van der Waals surface area contributed by atoms with E-state index >= 15 is 0 Å². The third-order valence-electron chi connectivity index (χ3n) is 3.92. The number of carbonyl (C=O) groups excluding carboxylic acids is 1. The number of amides is 1. The molecular weight excluding hydrogens is 397 g/mol. The van der Waals surface area contributed by atoms with Gasteiger partial charge < -0.3 is 10.3 Å². The van der Waals surface area contributed by atoms with Gasteiger partial charge in [0.2, 0.25) is 10.0 Å². The number of primary amides is 1. The van der Waals surface area contributed by atoms with Crippen LogP contribution in [0.4, 0.5) is 18.9 Å². The number of benzene rings is 1. The standard InChI is InChI=1S/C17H15F3N4O3S/c1-28(26,27)23-12-6-13-14(15(21)25)9-24(16(13)22-7-12)8-10-2-4-11(5-3-10)17(18,19)20/h2-7,9,23H,8H2,1H3,(H2,21,25). The summed E-state index contributed by atoms with van der Waals surface area (Å²) < 4.78 is 64.6. The van der Waals surface area contributed by atoms with Crippen molar-refractivity contribution in [3.8, 4) is 0 Å². The minimum atomic E-state index is -4.43. The van der Waals surface area contributed by atoms with E-state index in [1.807, 2.05) is 0 Å². The zero-order valence-corrected chi connectivity index (χ0v) is 15.3. The minimum Gasteiger partial charge on any atom is -0.366 e. The molecule has 0 fully saturated rings. The summed E-state index contributed by atoms with van der Waals surface area (Å²) in [7, 11) is -3.54. The van der Waals surface area contributed by atoms with Crippen LogP contribution in [0.3, 0.4) is 0 Å². The van der Waals surface area contributed by atoms with Crippen molar-refractivity contribution in [1.82, 2.24) is 9.55 Å². The maximum absolute atomic E-state index is 12.7. The molecule has 0 aliphatic rings. The number of halogens is 3. The highest BCUT2D eigenvalue weighted by Crippen LogP contribution is 2.29. The number of aromatic nitrogens is 2. The van der Waals surface area contributed by atoms with Crippen LogP contribution < -0.4 is 10.5 Å². The summed E-state index contributed by atoms with van der Waals surface area (Å²) in [6.07, 6.45) is -0.746. The van der Waals surface area contributed by atoms with Gasteiger partial charge in [-0.15, -0.1) is 0 Å². The van der Waals surface area contributed by atoms with Crippen LogP contribution >= 0.6 is 0 Å². The molecule has 0 saturated carbocycles. The lowest BCUT2D eigenvalue weighted by molar-refractivity contribution is -0.137. The summed E-state index contributed by atoms with van der Waals surface area (Å²) in [5, 5.41) is 0.327. The Bertz CT molecular complexity index is 1150. The fraction of sp³-hybridized carbons (Fsp3) is 0.176. The Morgan fingerprint density at radius 3 is 2.43 bits per heavy atom.